The molecular formula is C14H16N4O2. The number of hydrogen-bond donors (Lipinski definition) is 3. The van der Waals surface area contributed by atoms with Gasteiger partial charge in [0.15, 0.2) is 0 Å². The van der Waals surface area contributed by atoms with Gasteiger partial charge in [0.05, 0.1) is 5.69 Å². The number of hydrogen-bond acceptors (Lipinski definition) is 4. The molecule has 1 saturated heterocycles. The Morgan fingerprint density at radius 1 is 0.950 bits per heavy atom. The SMILES string of the molecule is O=c1cc(-c2ccc(N3CCNCC3)cc2)[nH]c(=O)[nH]1. The Bertz CT molecular complexity index is 668. The van der Waals surface area contributed by atoms with Crippen LogP contribution in [0.5, 0.6) is 0 Å². The number of aromatic amines is 2. The molecule has 104 valence electrons. The molecule has 0 amide bonds. The van der Waals surface area contributed by atoms with Crippen LogP contribution in [0.15, 0.2) is 39.9 Å². The van der Waals surface area contributed by atoms with Gasteiger partial charge >= 0.3 is 5.69 Å². The van der Waals surface area contributed by atoms with Crippen LogP contribution < -0.4 is 21.5 Å². The molecular weight excluding hydrogens is 256 g/mol. The van der Waals surface area contributed by atoms with E-state index < -0.39 is 11.2 Å². The van der Waals surface area contributed by atoms with Gasteiger partial charge in [-0.05, 0) is 17.7 Å². The zero-order valence-corrected chi connectivity index (χ0v) is 11.0. The smallest absolute Gasteiger partial charge is 0.326 e. The summed E-state index contributed by atoms with van der Waals surface area (Å²) in [5, 5.41) is 3.31. The molecule has 1 aromatic heterocycles. The highest BCUT2D eigenvalue weighted by Gasteiger charge is 2.10. The van der Waals surface area contributed by atoms with E-state index in [1.54, 1.807) is 0 Å². The van der Waals surface area contributed by atoms with Gasteiger partial charge in [0.25, 0.3) is 5.56 Å². The monoisotopic (exact) mass is 272 g/mol. The third kappa shape index (κ3) is 2.65. The summed E-state index contributed by atoms with van der Waals surface area (Å²) in [5.41, 5.74) is 1.63. The number of rotatable bonds is 2. The lowest BCUT2D eigenvalue weighted by atomic mass is 10.1. The van der Waals surface area contributed by atoms with Crippen LogP contribution in [0.3, 0.4) is 0 Å². The largest absolute Gasteiger partial charge is 0.369 e. The van der Waals surface area contributed by atoms with Crippen LogP contribution in [0.4, 0.5) is 5.69 Å². The summed E-state index contributed by atoms with van der Waals surface area (Å²) < 4.78 is 0. The first kappa shape index (κ1) is 12.7. The van der Waals surface area contributed by atoms with E-state index in [0.717, 1.165) is 37.4 Å². The normalized spacial score (nSPS) is 15.3. The molecule has 1 aliphatic rings. The van der Waals surface area contributed by atoms with Crippen LogP contribution in [0.1, 0.15) is 0 Å². The Kier molecular flexibility index (Phi) is 3.39. The minimum Gasteiger partial charge on any atom is -0.369 e. The van der Waals surface area contributed by atoms with E-state index in [2.05, 4.69) is 20.2 Å². The Balaban J connectivity index is 1.88. The summed E-state index contributed by atoms with van der Waals surface area (Å²) in [6.07, 6.45) is 0. The average Bonchev–Trinajstić information content (AvgIpc) is 2.47. The van der Waals surface area contributed by atoms with Crippen molar-refractivity contribution in [1.29, 1.82) is 0 Å². The third-order valence-electron chi connectivity index (χ3n) is 3.42. The number of aromatic nitrogens is 2. The van der Waals surface area contributed by atoms with Gasteiger partial charge in [-0.3, -0.25) is 9.78 Å². The Morgan fingerprint density at radius 3 is 2.30 bits per heavy atom. The fourth-order valence-corrected chi connectivity index (χ4v) is 2.40. The molecule has 1 aliphatic heterocycles. The van der Waals surface area contributed by atoms with Crippen LogP contribution in [0.25, 0.3) is 11.3 Å². The van der Waals surface area contributed by atoms with Gasteiger partial charge in [0.2, 0.25) is 0 Å². The second kappa shape index (κ2) is 5.34. The van der Waals surface area contributed by atoms with Gasteiger partial charge in [-0.25, -0.2) is 4.79 Å². The van der Waals surface area contributed by atoms with Gasteiger partial charge in [-0.2, -0.15) is 0 Å². The van der Waals surface area contributed by atoms with Gasteiger partial charge in [0.1, 0.15) is 0 Å². The van der Waals surface area contributed by atoms with Crippen molar-refractivity contribution < 1.29 is 0 Å². The zero-order valence-electron chi connectivity index (χ0n) is 11.0. The van der Waals surface area contributed by atoms with Crippen molar-refractivity contribution in [3.8, 4) is 11.3 Å². The average molecular weight is 272 g/mol. The van der Waals surface area contributed by atoms with E-state index in [1.165, 1.54) is 6.07 Å². The van der Waals surface area contributed by atoms with Gasteiger partial charge in [-0.15, -0.1) is 0 Å². The molecule has 6 nitrogen and oxygen atoms in total. The van der Waals surface area contributed by atoms with Crippen molar-refractivity contribution in [1.82, 2.24) is 15.3 Å². The van der Waals surface area contributed by atoms with Crippen molar-refractivity contribution in [2.24, 2.45) is 0 Å². The summed E-state index contributed by atoms with van der Waals surface area (Å²) in [7, 11) is 0. The number of nitrogens with one attached hydrogen (secondary N) is 3. The molecule has 0 spiro atoms. The number of benzene rings is 1. The fraction of sp³-hybridized carbons (Fsp3) is 0.286. The van der Waals surface area contributed by atoms with E-state index in [9.17, 15) is 9.59 Å². The Labute approximate surface area is 115 Å². The minimum absolute atomic E-state index is 0.394. The molecule has 6 heteroatoms. The molecule has 2 heterocycles. The third-order valence-corrected chi connectivity index (χ3v) is 3.42. The topological polar surface area (TPSA) is 81.0 Å². The summed E-state index contributed by atoms with van der Waals surface area (Å²) >= 11 is 0. The van der Waals surface area contributed by atoms with Crippen molar-refractivity contribution in [2.45, 2.75) is 0 Å². The predicted octanol–water partition coefficient (Wildman–Crippen LogP) is 0.140. The lowest BCUT2D eigenvalue weighted by Crippen LogP contribution is -2.43. The molecule has 0 radical (unpaired) electrons. The molecule has 3 N–H and O–H groups in total. The molecule has 1 fully saturated rings. The number of anilines is 1. The number of piperazine rings is 1. The van der Waals surface area contributed by atoms with Crippen LogP contribution in [-0.2, 0) is 0 Å². The molecule has 0 unspecified atom stereocenters. The molecule has 0 aliphatic carbocycles. The summed E-state index contributed by atoms with van der Waals surface area (Å²) in [5.74, 6) is 0. The van der Waals surface area contributed by atoms with E-state index in [4.69, 9.17) is 0 Å². The number of nitrogens with zero attached hydrogens (tertiary/aromatic N) is 1. The summed E-state index contributed by atoms with van der Waals surface area (Å²) in [6.45, 7) is 3.95. The predicted molar refractivity (Wildman–Crippen MR) is 78.2 cm³/mol. The second-order valence-corrected chi connectivity index (χ2v) is 4.79. The number of H-pyrrole nitrogens is 2. The first-order valence-corrected chi connectivity index (χ1v) is 6.62. The molecule has 0 bridgehead atoms. The van der Waals surface area contributed by atoms with Gasteiger partial charge in [-0.1, -0.05) is 12.1 Å². The van der Waals surface area contributed by atoms with Gasteiger partial charge in [0, 0.05) is 37.9 Å². The summed E-state index contributed by atoms with van der Waals surface area (Å²) in [6, 6.07) is 9.26. The Morgan fingerprint density at radius 2 is 1.65 bits per heavy atom. The highest BCUT2D eigenvalue weighted by molar-refractivity contribution is 5.62. The quantitative estimate of drug-likeness (QED) is 0.726. The highest BCUT2D eigenvalue weighted by atomic mass is 16.2. The van der Waals surface area contributed by atoms with Crippen molar-refractivity contribution in [2.75, 3.05) is 31.1 Å². The zero-order chi connectivity index (χ0) is 13.9. The van der Waals surface area contributed by atoms with Crippen molar-refractivity contribution in [3.05, 3.63) is 51.2 Å². The molecule has 20 heavy (non-hydrogen) atoms. The highest BCUT2D eigenvalue weighted by Crippen LogP contribution is 2.20. The lowest BCUT2D eigenvalue weighted by molar-refractivity contribution is 0.589. The van der Waals surface area contributed by atoms with Crippen LogP contribution in [0.2, 0.25) is 0 Å². The fourth-order valence-electron chi connectivity index (χ4n) is 2.40. The van der Waals surface area contributed by atoms with Gasteiger partial charge < -0.3 is 15.2 Å². The van der Waals surface area contributed by atoms with Crippen LogP contribution in [0, 0.1) is 0 Å². The van der Waals surface area contributed by atoms with Crippen molar-refractivity contribution >= 4 is 5.69 Å². The minimum atomic E-state index is -0.487. The molecule has 0 atom stereocenters. The standard InChI is InChI=1S/C14H16N4O2/c19-13-9-12(16-14(20)17-13)10-1-3-11(4-2-10)18-7-5-15-6-8-18/h1-4,9,15H,5-8H2,(H2,16,17,19,20). The summed E-state index contributed by atoms with van der Waals surface area (Å²) in [4.78, 5) is 29.7. The van der Waals surface area contributed by atoms with Crippen LogP contribution >= 0.6 is 0 Å². The Hall–Kier alpha value is -2.34. The first-order valence-electron chi connectivity index (χ1n) is 6.62. The molecule has 0 saturated carbocycles. The van der Waals surface area contributed by atoms with E-state index in [1.807, 2.05) is 24.3 Å². The molecule has 3 rings (SSSR count). The molecule has 2 aromatic rings. The first-order chi connectivity index (χ1) is 9.72. The van der Waals surface area contributed by atoms with E-state index >= 15 is 0 Å². The lowest BCUT2D eigenvalue weighted by Gasteiger charge is -2.29. The molecule has 1 aromatic carbocycles. The van der Waals surface area contributed by atoms with Crippen LogP contribution in [-0.4, -0.2) is 36.1 Å². The van der Waals surface area contributed by atoms with E-state index in [-0.39, 0.29) is 0 Å². The van der Waals surface area contributed by atoms with E-state index in [0.29, 0.717) is 5.69 Å². The maximum absolute atomic E-state index is 11.3. The van der Waals surface area contributed by atoms with Crippen molar-refractivity contribution in [3.63, 3.8) is 0 Å². The second-order valence-electron chi connectivity index (χ2n) is 4.79. The maximum Gasteiger partial charge on any atom is 0.326 e. The maximum atomic E-state index is 11.3.